The Balaban J connectivity index is 1.69. The van der Waals surface area contributed by atoms with Crippen LogP contribution in [0.1, 0.15) is 35.7 Å². The third-order valence-corrected chi connectivity index (χ3v) is 5.75. The lowest BCUT2D eigenvalue weighted by Crippen LogP contribution is -2.40. The van der Waals surface area contributed by atoms with Crippen molar-refractivity contribution in [3.05, 3.63) is 65.5 Å². The summed E-state index contributed by atoms with van der Waals surface area (Å²) in [6, 6.07) is 13.8. The predicted octanol–water partition coefficient (Wildman–Crippen LogP) is 4.76. The van der Waals surface area contributed by atoms with Gasteiger partial charge >= 0.3 is 5.97 Å². The van der Waals surface area contributed by atoms with Gasteiger partial charge in [0.1, 0.15) is 5.82 Å². The number of nitrogens with zero attached hydrogens (tertiary/aromatic N) is 2. The Morgan fingerprint density at radius 1 is 1.13 bits per heavy atom. The van der Waals surface area contributed by atoms with Crippen LogP contribution in [0.5, 0.6) is 0 Å². The second-order valence-electron chi connectivity index (χ2n) is 7.87. The summed E-state index contributed by atoms with van der Waals surface area (Å²) in [5, 5.41) is 0.748. The summed E-state index contributed by atoms with van der Waals surface area (Å²) < 4.78 is 19.6. The highest BCUT2D eigenvalue weighted by molar-refractivity contribution is 6.07. The molecule has 160 valence electrons. The molecule has 0 spiro atoms. The Morgan fingerprint density at radius 3 is 2.58 bits per heavy atom. The van der Waals surface area contributed by atoms with Crippen LogP contribution in [0.4, 0.5) is 4.39 Å². The lowest BCUT2D eigenvalue weighted by molar-refractivity contribution is -0.149. The molecule has 6 heteroatoms. The summed E-state index contributed by atoms with van der Waals surface area (Å²) >= 11 is 0. The van der Waals surface area contributed by atoms with Crippen molar-refractivity contribution in [2.45, 2.75) is 26.7 Å². The molecule has 2 aromatic carbocycles. The number of halogens is 1. The average Bonchev–Trinajstić information content (AvgIpc) is 2.78. The normalized spacial score (nSPS) is 14.6. The standard InChI is InChI=1S/C25H25FN2O3/c1-3-31-25(30)17-10-12-28(13-11-17)24(29)20-15-23(18-6-4-5-7-21(18)26)27-22-9-8-16(2)14-19(20)22/h4-9,14-15,17H,3,10-13H2,1-2H3. The lowest BCUT2D eigenvalue weighted by Gasteiger charge is -2.31. The second-order valence-corrected chi connectivity index (χ2v) is 7.87. The van der Waals surface area contributed by atoms with Crippen LogP contribution in [0, 0.1) is 18.7 Å². The van der Waals surface area contributed by atoms with E-state index in [0.717, 1.165) is 10.9 Å². The third-order valence-electron chi connectivity index (χ3n) is 5.75. The first-order valence-electron chi connectivity index (χ1n) is 10.6. The summed E-state index contributed by atoms with van der Waals surface area (Å²) in [5.74, 6) is -0.871. The van der Waals surface area contributed by atoms with E-state index in [9.17, 15) is 14.0 Å². The van der Waals surface area contributed by atoms with Crippen LogP contribution >= 0.6 is 0 Å². The summed E-state index contributed by atoms with van der Waals surface area (Å²) in [4.78, 5) is 31.9. The fraction of sp³-hybridized carbons (Fsp3) is 0.320. The number of pyridine rings is 1. The van der Waals surface area contributed by atoms with Crippen molar-refractivity contribution in [3.63, 3.8) is 0 Å². The molecule has 4 rings (SSSR count). The van der Waals surface area contributed by atoms with Crippen LogP contribution in [0.2, 0.25) is 0 Å². The zero-order valence-electron chi connectivity index (χ0n) is 17.7. The minimum absolute atomic E-state index is 0.127. The van der Waals surface area contributed by atoms with E-state index < -0.39 is 0 Å². The van der Waals surface area contributed by atoms with Gasteiger partial charge in [-0.15, -0.1) is 0 Å². The van der Waals surface area contributed by atoms with Gasteiger partial charge in [0.15, 0.2) is 0 Å². The maximum absolute atomic E-state index is 14.4. The van der Waals surface area contributed by atoms with E-state index >= 15 is 0 Å². The number of carbonyl (C=O) groups excluding carboxylic acids is 2. The Bertz CT molecular complexity index is 1140. The largest absolute Gasteiger partial charge is 0.466 e. The maximum Gasteiger partial charge on any atom is 0.309 e. The van der Waals surface area contributed by atoms with Crippen LogP contribution < -0.4 is 0 Å². The third kappa shape index (κ3) is 4.29. The topological polar surface area (TPSA) is 59.5 Å². The number of benzene rings is 2. The molecule has 1 aliphatic heterocycles. The summed E-state index contributed by atoms with van der Waals surface area (Å²) in [6.07, 6.45) is 1.15. The zero-order chi connectivity index (χ0) is 22.0. The fourth-order valence-electron chi connectivity index (χ4n) is 4.07. The minimum Gasteiger partial charge on any atom is -0.466 e. The first-order chi connectivity index (χ1) is 15.0. The number of carbonyl (C=O) groups is 2. The molecule has 5 nitrogen and oxygen atoms in total. The van der Waals surface area contributed by atoms with Crippen LogP contribution in [-0.2, 0) is 9.53 Å². The number of piperidine rings is 1. The van der Waals surface area contributed by atoms with Crippen molar-refractivity contribution < 1.29 is 18.7 Å². The van der Waals surface area contributed by atoms with Gasteiger partial charge in [-0.25, -0.2) is 9.37 Å². The molecule has 0 unspecified atom stereocenters. The molecule has 0 bridgehead atoms. The van der Waals surface area contributed by atoms with Gasteiger partial charge in [-0.05, 0) is 57.0 Å². The molecule has 1 fully saturated rings. The highest BCUT2D eigenvalue weighted by atomic mass is 19.1. The molecule has 0 aliphatic carbocycles. The van der Waals surface area contributed by atoms with Gasteiger partial charge in [0.05, 0.1) is 29.3 Å². The molecule has 0 atom stereocenters. The van der Waals surface area contributed by atoms with E-state index in [1.54, 1.807) is 36.1 Å². The van der Waals surface area contributed by atoms with Crippen molar-refractivity contribution in [1.82, 2.24) is 9.88 Å². The summed E-state index contributed by atoms with van der Waals surface area (Å²) in [7, 11) is 0. The van der Waals surface area contributed by atoms with E-state index in [1.165, 1.54) is 6.07 Å². The molecule has 1 amide bonds. The number of hydrogen-bond acceptors (Lipinski definition) is 4. The van der Waals surface area contributed by atoms with E-state index in [1.807, 2.05) is 25.1 Å². The molecular formula is C25H25FN2O3. The molecule has 0 N–H and O–H groups in total. The first kappa shape index (κ1) is 21.0. The van der Waals surface area contributed by atoms with E-state index in [0.29, 0.717) is 54.9 Å². The predicted molar refractivity (Wildman–Crippen MR) is 117 cm³/mol. The number of esters is 1. The quantitative estimate of drug-likeness (QED) is 0.571. The van der Waals surface area contributed by atoms with Gasteiger partial charge in [-0.2, -0.15) is 0 Å². The SMILES string of the molecule is CCOC(=O)C1CCN(C(=O)c2cc(-c3ccccc3F)nc3ccc(C)cc23)CC1. The van der Waals surface area contributed by atoms with Gasteiger partial charge in [-0.1, -0.05) is 23.8 Å². The molecule has 1 saturated heterocycles. The molecule has 1 aromatic heterocycles. The highest BCUT2D eigenvalue weighted by Crippen LogP contribution is 2.29. The highest BCUT2D eigenvalue weighted by Gasteiger charge is 2.29. The van der Waals surface area contributed by atoms with E-state index in [4.69, 9.17) is 4.74 Å². The Kier molecular flexibility index (Phi) is 5.98. The molecule has 31 heavy (non-hydrogen) atoms. The molecule has 0 radical (unpaired) electrons. The van der Waals surface area contributed by atoms with Crippen LogP contribution in [0.3, 0.4) is 0 Å². The molecular weight excluding hydrogens is 395 g/mol. The van der Waals surface area contributed by atoms with Crippen LogP contribution in [0.25, 0.3) is 22.2 Å². The van der Waals surface area contributed by atoms with Gasteiger partial charge in [0.25, 0.3) is 5.91 Å². The number of aromatic nitrogens is 1. The molecule has 2 heterocycles. The summed E-state index contributed by atoms with van der Waals surface area (Å²) in [5.41, 5.74) is 2.96. The average molecular weight is 420 g/mol. The number of aryl methyl sites for hydroxylation is 1. The van der Waals surface area contributed by atoms with Crippen LogP contribution in [0.15, 0.2) is 48.5 Å². The molecule has 0 saturated carbocycles. The smallest absolute Gasteiger partial charge is 0.309 e. The lowest BCUT2D eigenvalue weighted by atomic mass is 9.95. The van der Waals surface area contributed by atoms with Gasteiger partial charge < -0.3 is 9.64 Å². The van der Waals surface area contributed by atoms with E-state index in [2.05, 4.69) is 4.98 Å². The van der Waals surface area contributed by atoms with Crippen molar-refractivity contribution in [2.75, 3.05) is 19.7 Å². The number of ether oxygens (including phenoxy) is 1. The molecule has 1 aliphatic rings. The van der Waals surface area contributed by atoms with Crippen molar-refractivity contribution >= 4 is 22.8 Å². The minimum atomic E-state index is -0.380. The Morgan fingerprint density at radius 2 is 1.87 bits per heavy atom. The van der Waals surface area contributed by atoms with Gasteiger partial charge in [0.2, 0.25) is 0 Å². The van der Waals surface area contributed by atoms with Crippen LogP contribution in [-0.4, -0.2) is 41.5 Å². The Labute approximate surface area is 180 Å². The van der Waals surface area contributed by atoms with Gasteiger partial charge in [-0.3, -0.25) is 9.59 Å². The second kappa shape index (κ2) is 8.84. The monoisotopic (exact) mass is 420 g/mol. The van der Waals surface area contributed by atoms with Gasteiger partial charge in [0, 0.05) is 24.0 Å². The first-order valence-corrected chi connectivity index (χ1v) is 10.6. The number of likely N-dealkylation sites (tertiary alicyclic amines) is 1. The maximum atomic E-state index is 14.4. The number of amides is 1. The van der Waals surface area contributed by atoms with Crippen molar-refractivity contribution in [2.24, 2.45) is 5.92 Å². The number of hydrogen-bond donors (Lipinski definition) is 0. The van der Waals surface area contributed by atoms with Crippen molar-refractivity contribution in [1.29, 1.82) is 0 Å². The number of fused-ring (bicyclic) bond motifs is 1. The van der Waals surface area contributed by atoms with E-state index in [-0.39, 0.29) is 23.6 Å². The van der Waals surface area contributed by atoms with Crippen molar-refractivity contribution in [3.8, 4) is 11.3 Å². The molecule has 3 aromatic rings. The zero-order valence-corrected chi connectivity index (χ0v) is 17.7. The Hall–Kier alpha value is -3.28. The summed E-state index contributed by atoms with van der Waals surface area (Å²) in [6.45, 7) is 5.07. The fourth-order valence-corrected chi connectivity index (χ4v) is 4.07. The number of rotatable bonds is 4.